The number of pyridine rings is 2. The largest absolute Gasteiger partial charge is 0.370 e. The van der Waals surface area contributed by atoms with Crippen LogP contribution in [0.1, 0.15) is 11.3 Å². The lowest BCUT2D eigenvalue weighted by Crippen LogP contribution is -2.17. The van der Waals surface area contributed by atoms with Crippen molar-refractivity contribution in [2.45, 2.75) is 13.1 Å². The summed E-state index contributed by atoms with van der Waals surface area (Å²) < 4.78 is 0. The molecule has 0 fully saturated rings. The Morgan fingerprint density at radius 1 is 1.18 bits per heavy atom. The number of nitrogens with zero attached hydrogens (tertiary/aromatic N) is 3. The van der Waals surface area contributed by atoms with Gasteiger partial charge in [0, 0.05) is 44.4 Å². The number of aromatic nitrogens is 2. The van der Waals surface area contributed by atoms with E-state index in [1.54, 1.807) is 18.6 Å². The fourth-order valence-electron chi connectivity index (χ4n) is 1.67. The number of nitrogens with two attached hydrogens (primary N) is 1. The summed E-state index contributed by atoms with van der Waals surface area (Å²) >= 11 is 0. The van der Waals surface area contributed by atoms with E-state index in [1.807, 2.05) is 24.3 Å². The topological polar surface area (TPSA) is 55.0 Å². The van der Waals surface area contributed by atoms with Crippen LogP contribution in [-0.4, -0.2) is 17.0 Å². The van der Waals surface area contributed by atoms with Gasteiger partial charge in [0.1, 0.15) is 0 Å². The van der Waals surface area contributed by atoms with Gasteiger partial charge in [-0.2, -0.15) is 0 Å². The third-order valence-electron chi connectivity index (χ3n) is 2.62. The van der Waals surface area contributed by atoms with Crippen LogP contribution in [0.15, 0.2) is 42.9 Å². The third-order valence-corrected chi connectivity index (χ3v) is 2.62. The lowest BCUT2D eigenvalue weighted by molar-refractivity contribution is 0.906. The van der Waals surface area contributed by atoms with E-state index in [2.05, 4.69) is 21.9 Å². The molecule has 2 rings (SSSR count). The lowest BCUT2D eigenvalue weighted by atomic mass is 10.2. The molecule has 0 atom stereocenters. The molecule has 0 bridgehead atoms. The van der Waals surface area contributed by atoms with Gasteiger partial charge in [0.25, 0.3) is 0 Å². The highest BCUT2D eigenvalue weighted by molar-refractivity contribution is 5.46. The summed E-state index contributed by atoms with van der Waals surface area (Å²) in [6.07, 6.45) is 5.41. The van der Waals surface area contributed by atoms with E-state index in [1.165, 1.54) is 5.56 Å². The van der Waals surface area contributed by atoms with Gasteiger partial charge in [-0.3, -0.25) is 9.97 Å². The van der Waals surface area contributed by atoms with Gasteiger partial charge >= 0.3 is 0 Å². The molecule has 0 aliphatic rings. The highest BCUT2D eigenvalue weighted by atomic mass is 15.1. The Morgan fingerprint density at radius 3 is 2.65 bits per heavy atom. The molecule has 17 heavy (non-hydrogen) atoms. The monoisotopic (exact) mass is 228 g/mol. The molecule has 2 heterocycles. The summed E-state index contributed by atoms with van der Waals surface area (Å²) in [6, 6.07) is 8.03. The first-order valence-corrected chi connectivity index (χ1v) is 5.54. The highest BCUT2D eigenvalue weighted by Crippen LogP contribution is 2.15. The Hall–Kier alpha value is -1.94. The number of rotatable bonds is 4. The Bertz CT molecular complexity index is 470. The lowest BCUT2D eigenvalue weighted by Gasteiger charge is -2.19. The van der Waals surface area contributed by atoms with Crippen LogP contribution in [0.25, 0.3) is 0 Å². The standard InChI is InChI=1S/C13H16N4/c1-17(10-11-2-5-15-6-3-11)13-4-7-16-12(8-13)9-14/h2-8H,9-10,14H2,1H3. The van der Waals surface area contributed by atoms with E-state index in [0.29, 0.717) is 6.54 Å². The summed E-state index contributed by atoms with van der Waals surface area (Å²) in [6.45, 7) is 1.31. The average Bonchev–Trinajstić information content (AvgIpc) is 2.40. The predicted molar refractivity (Wildman–Crippen MR) is 68.5 cm³/mol. The number of anilines is 1. The van der Waals surface area contributed by atoms with Crippen LogP contribution < -0.4 is 10.6 Å². The minimum absolute atomic E-state index is 0.469. The van der Waals surface area contributed by atoms with Crippen molar-refractivity contribution in [1.82, 2.24) is 9.97 Å². The van der Waals surface area contributed by atoms with Crippen molar-refractivity contribution in [3.8, 4) is 0 Å². The van der Waals surface area contributed by atoms with Crippen molar-refractivity contribution in [2.75, 3.05) is 11.9 Å². The van der Waals surface area contributed by atoms with E-state index in [0.717, 1.165) is 17.9 Å². The van der Waals surface area contributed by atoms with E-state index < -0.39 is 0 Å². The quantitative estimate of drug-likeness (QED) is 0.863. The van der Waals surface area contributed by atoms with Crippen LogP contribution in [0.5, 0.6) is 0 Å². The summed E-state index contributed by atoms with van der Waals surface area (Å²) in [7, 11) is 2.05. The first kappa shape index (κ1) is 11.5. The van der Waals surface area contributed by atoms with Crippen molar-refractivity contribution >= 4 is 5.69 Å². The van der Waals surface area contributed by atoms with Gasteiger partial charge in [0.15, 0.2) is 0 Å². The molecule has 0 unspecified atom stereocenters. The minimum Gasteiger partial charge on any atom is -0.370 e. The fourth-order valence-corrected chi connectivity index (χ4v) is 1.67. The second-order valence-electron chi connectivity index (χ2n) is 3.92. The molecule has 2 aromatic heterocycles. The molecule has 0 saturated heterocycles. The Balaban J connectivity index is 2.11. The molecular formula is C13H16N4. The maximum absolute atomic E-state index is 5.58. The molecule has 4 nitrogen and oxygen atoms in total. The number of hydrogen-bond donors (Lipinski definition) is 1. The molecule has 2 N–H and O–H groups in total. The van der Waals surface area contributed by atoms with Gasteiger partial charge in [-0.1, -0.05) is 0 Å². The van der Waals surface area contributed by atoms with Crippen LogP contribution in [0.2, 0.25) is 0 Å². The van der Waals surface area contributed by atoms with Gasteiger partial charge < -0.3 is 10.6 Å². The molecule has 0 saturated carbocycles. The molecule has 0 aromatic carbocycles. The van der Waals surface area contributed by atoms with E-state index >= 15 is 0 Å². The van der Waals surface area contributed by atoms with Crippen molar-refractivity contribution in [3.63, 3.8) is 0 Å². The normalized spacial score (nSPS) is 10.2. The highest BCUT2D eigenvalue weighted by Gasteiger charge is 2.03. The van der Waals surface area contributed by atoms with Crippen LogP contribution >= 0.6 is 0 Å². The zero-order chi connectivity index (χ0) is 12.1. The summed E-state index contributed by atoms with van der Waals surface area (Å²) in [4.78, 5) is 10.4. The summed E-state index contributed by atoms with van der Waals surface area (Å²) in [5, 5.41) is 0. The summed E-state index contributed by atoms with van der Waals surface area (Å²) in [5.74, 6) is 0. The fraction of sp³-hybridized carbons (Fsp3) is 0.231. The molecule has 88 valence electrons. The molecule has 0 aliphatic carbocycles. The molecule has 4 heteroatoms. The Kier molecular flexibility index (Phi) is 3.67. The molecule has 0 radical (unpaired) electrons. The van der Waals surface area contributed by atoms with Crippen LogP contribution in [0.3, 0.4) is 0 Å². The number of hydrogen-bond acceptors (Lipinski definition) is 4. The third kappa shape index (κ3) is 3.01. The van der Waals surface area contributed by atoms with E-state index in [-0.39, 0.29) is 0 Å². The SMILES string of the molecule is CN(Cc1ccncc1)c1ccnc(CN)c1. The van der Waals surface area contributed by atoms with Crippen LogP contribution in [-0.2, 0) is 13.1 Å². The summed E-state index contributed by atoms with van der Waals surface area (Å²) in [5.41, 5.74) is 8.84. The maximum atomic E-state index is 5.58. The molecule has 0 aliphatic heterocycles. The molecular weight excluding hydrogens is 212 g/mol. The second-order valence-corrected chi connectivity index (χ2v) is 3.92. The maximum Gasteiger partial charge on any atom is 0.0560 e. The van der Waals surface area contributed by atoms with Crippen LogP contribution in [0, 0.1) is 0 Å². The zero-order valence-corrected chi connectivity index (χ0v) is 9.87. The van der Waals surface area contributed by atoms with Crippen molar-refractivity contribution < 1.29 is 0 Å². The van der Waals surface area contributed by atoms with Crippen molar-refractivity contribution in [3.05, 3.63) is 54.1 Å². The predicted octanol–water partition coefficient (Wildman–Crippen LogP) is 1.57. The Morgan fingerprint density at radius 2 is 1.94 bits per heavy atom. The van der Waals surface area contributed by atoms with Gasteiger partial charge in [-0.25, -0.2) is 0 Å². The smallest absolute Gasteiger partial charge is 0.0560 e. The van der Waals surface area contributed by atoms with Crippen molar-refractivity contribution in [1.29, 1.82) is 0 Å². The van der Waals surface area contributed by atoms with E-state index in [4.69, 9.17) is 5.73 Å². The van der Waals surface area contributed by atoms with Gasteiger partial charge in [-0.05, 0) is 29.8 Å². The minimum atomic E-state index is 0.469. The zero-order valence-electron chi connectivity index (χ0n) is 9.87. The van der Waals surface area contributed by atoms with Crippen LogP contribution in [0.4, 0.5) is 5.69 Å². The first-order chi connectivity index (χ1) is 8.29. The second kappa shape index (κ2) is 5.41. The van der Waals surface area contributed by atoms with E-state index in [9.17, 15) is 0 Å². The average molecular weight is 228 g/mol. The molecule has 2 aromatic rings. The van der Waals surface area contributed by atoms with Gasteiger partial charge in [0.2, 0.25) is 0 Å². The first-order valence-electron chi connectivity index (χ1n) is 5.54. The van der Waals surface area contributed by atoms with Crippen molar-refractivity contribution in [2.24, 2.45) is 5.73 Å². The Labute approximate surface area is 101 Å². The molecule has 0 amide bonds. The molecule has 0 spiro atoms. The van der Waals surface area contributed by atoms with Gasteiger partial charge in [0.05, 0.1) is 5.69 Å². The van der Waals surface area contributed by atoms with Gasteiger partial charge in [-0.15, -0.1) is 0 Å².